The summed E-state index contributed by atoms with van der Waals surface area (Å²) in [5.74, 6) is 1.75. The van der Waals surface area contributed by atoms with Crippen LogP contribution in [0.5, 0.6) is 28.7 Å². The van der Waals surface area contributed by atoms with Gasteiger partial charge in [-0.1, -0.05) is 59.7 Å². The summed E-state index contributed by atoms with van der Waals surface area (Å²) in [5, 5.41) is 0. The van der Waals surface area contributed by atoms with Crippen LogP contribution in [0, 0.1) is 13.8 Å². The SMILES string of the molecule is COc1cc(C(=O)c2ccc(Oc3ccc(C(=O)c4ccc(C)cc4)cc3)cc2)cc(C(=O)c2ccc(Oc3ccc(C(=O)c4ccc(C)cc4)cc3)cc2)c1. The fourth-order valence-electron chi connectivity index (χ4n) is 6.03. The molecule has 0 N–H and O–H groups in total. The first-order chi connectivity index (χ1) is 27.1. The first kappa shape index (κ1) is 37.0. The van der Waals surface area contributed by atoms with Crippen LogP contribution in [0.3, 0.4) is 0 Å². The molecule has 7 heteroatoms. The lowest BCUT2D eigenvalue weighted by atomic mass is 9.97. The zero-order valence-corrected chi connectivity index (χ0v) is 30.9. The molecule has 7 aromatic carbocycles. The molecule has 0 aromatic heterocycles. The Bertz CT molecular complexity index is 2360. The van der Waals surface area contributed by atoms with Crippen LogP contribution >= 0.6 is 0 Å². The average molecular weight is 737 g/mol. The van der Waals surface area contributed by atoms with Crippen molar-refractivity contribution in [2.75, 3.05) is 7.11 Å². The lowest BCUT2D eigenvalue weighted by molar-refractivity contribution is 0.102. The molecule has 7 aromatic rings. The molecule has 0 aliphatic rings. The van der Waals surface area contributed by atoms with E-state index in [0.717, 1.165) is 11.1 Å². The van der Waals surface area contributed by atoms with Crippen LogP contribution in [0.15, 0.2) is 164 Å². The second-order valence-corrected chi connectivity index (χ2v) is 13.3. The summed E-state index contributed by atoms with van der Waals surface area (Å²) in [7, 11) is 1.48. The van der Waals surface area contributed by atoms with E-state index in [1.54, 1.807) is 115 Å². The Hall–Kier alpha value is -7.38. The molecule has 7 nitrogen and oxygen atoms in total. The summed E-state index contributed by atoms with van der Waals surface area (Å²) < 4.78 is 17.4. The molecular weight excluding hydrogens is 701 g/mol. The number of benzene rings is 7. The van der Waals surface area contributed by atoms with Gasteiger partial charge in [-0.25, -0.2) is 0 Å². The van der Waals surface area contributed by atoms with Crippen molar-refractivity contribution >= 4 is 23.1 Å². The molecule has 0 aliphatic heterocycles. The molecule has 0 bridgehead atoms. The topological polar surface area (TPSA) is 96.0 Å². The van der Waals surface area contributed by atoms with E-state index in [-0.39, 0.29) is 23.1 Å². The van der Waals surface area contributed by atoms with Gasteiger partial charge in [0.05, 0.1) is 7.11 Å². The van der Waals surface area contributed by atoms with E-state index in [2.05, 4.69) is 0 Å². The Balaban J connectivity index is 0.989. The molecule has 274 valence electrons. The molecule has 0 radical (unpaired) electrons. The van der Waals surface area contributed by atoms with Gasteiger partial charge in [-0.2, -0.15) is 0 Å². The first-order valence-electron chi connectivity index (χ1n) is 17.9. The largest absolute Gasteiger partial charge is 0.497 e. The fraction of sp³-hybridized carbons (Fsp3) is 0.0612. The third-order valence-corrected chi connectivity index (χ3v) is 9.23. The first-order valence-corrected chi connectivity index (χ1v) is 17.9. The zero-order chi connectivity index (χ0) is 39.2. The van der Waals surface area contributed by atoms with E-state index in [0.29, 0.717) is 73.3 Å². The minimum Gasteiger partial charge on any atom is -0.497 e. The third kappa shape index (κ3) is 8.54. The van der Waals surface area contributed by atoms with Crippen LogP contribution < -0.4 is 14.2 Å². The highest BCUT2D eigenvalue weighted by molar-refractivity contribution is 6.14. The molecule has 0 amide bonds. The minimum atomic E-state index is -0.293. The zero-order valence-electron chi connectivity index (χ0n) is 30.9. The van der Waals surface area contributed by atoms with Crippen LogP contribution in [0.2, 0.25) is 0 Å². The summed E-state index contributed by atoms with van der Waals surface area (Å²) in [6, 6.07) is 46.8. The van der Waals surface area contributed by atoms with E-state index >= 15 is 0 Å². The molecule has 56 heavy (non-hydrogen) atoms. The van der Waals surface area contributed by atoms with E-state index in [1.807, 2.05) is 62.4 Å². The lowest BCUT2D eigenvalue weighted by Crippen LogP contribution is -2.07. The number of carbonyl (C=O) groups excluding carboxylic acids is 4. The van der Waals surface area contributed by atoms with Crippen molar-refractivity contribution in [1.82, 2.24) is 0 Å². The van der Waals surface area contributed by atoms with Crippen LogP contribution in [0.4, 0.5) is 0 Å². The highest BCUT2D eigenvalue weighted by Gasteiger charge is 2.18. The summed E-state index contributed by atoms with van der Waals surface area (Å²) in [6.45, 7) is 3.95. The van der Waals surface area contributed by atoms with E-state index in [4.69, 9.17) is 14.2 Å². The van der Waals surface area contributed by atoms with Gasteiger partial charge >= 0.3 is 0 Å². The highest BCUT2D eigenvalue weighted by Crippen LogP contribution is 2.28. The van der Waals surface area contributed by atoms with Crippen LogP contribution in [-0.4, -0.2) is 30.2 Å². The number of hydrogen-bond donors (Lipinski definition) is 0. The number of rotatable bonds is 13. The number of hydrogen-bond acceptors (Lipinski definition) is 7. The van der Waals surface area contributed by atoms with Crippen molar-refractivity contribution in [3.8, 4) is 28.7 Å². The summed E-state index contributed by atoms with van der Waals surface area (Å²) >= 11 is 0. The van der Waals surface area contributed by atoms with Crippen molar-refractivity contribution < 1.29 is 33.4 Å². The third-order valence-electron chi connectivity index (χ3n) is 9.23. The molecular formula is C49H36O7. The quantitative estimate of drug-likeness (QED) is 0.109. The Morgan fingerprint density at radius 3 is 0.786 bits per heavy atom. The Morgan fingerprint density at radius 1 is 0.304 bits per heavy atom. The van der Waals surface area contributed by atoms with Gasteiger partial charge in [0.25, 0.3) is 0 Å². The Labute approximate surface area is 324 Å². The van der Waals surface area contributed by atoms with Gasteiger partial charge in [0, 0.05) is 44.5 Å². The van der Waals surface area contributed by atoms with Crippen molar-refractivity contribution in [2.24, 2.45) is 0 Å². The maximum Gasteiger partial charge on any atom is 0.193 e. The summed E-state index contributed by atoms with van der Waals surface area (Å²) in [5.41, 5.74) is 5.89. The number of ether oxygens (including phenoxy) is 3. The van der Waals surface area contributed by atoms with Gasteiger partial charge in [0.15, 0.2) is 23.1 Å². The molecule has 0 saturated heterocycles. The second-order valence-electron chi connectivity index (χ2n) is 13.3. The number of aryl methyl sites for hydroxylation is 2. The molecule has 7 rings (SSSR count). The smallest absolute Gasteiger partial charge is 0.193 e. The van der Waals surface area contributed by atoms with Gasteiger partial charge in [0.1, 0.15) is 28.7 Å². The van der Waals surface area contributed by atoms with Gasteiger partial charge in [0.2, 0.25) is 0 Å². The number of methoxy groups -OCH3 is 1. The predicted molar refractivity (Wildman–Crippen MR) is 215 cm³/mol. The van der Waals surface area contributed by atoms with Crippen molar-refractivity contribution in [3.63, 3.8) is 0 Å². The van der Waals surface area contributed by atoms with E-state index in [1.165, 1.54) is 7.11 Å². The molecule has 0 spiro atoms. The highest BCUT2D eigenvalue weighted by atomic mass is 16.5. The van der Waals surface area contributed by atoms with Crippen molar-refractivity contribution in [1.29, 1.82) is 0 Å². The van der Waals surface area contributed by atoms with Crippen molar-refractivity contribution in [3.05, 3.63) is 219 Å². The molecule has 0 fully saturated rings. The van der Waals surface area contributed by atoms with Crippen LogP contribution in [-0.2, 0) is 0 Å². The average Bonchev–Trinajstić information content (AvgIpc) is 3.24. The fourth-order valence-corrected chi connectivity index (χ4v) is 6.03. The molecule has 0 saturated carbocycles. The number of ketones is 4. The van der Waals surface area contributed by atoms with Crippen LogP contribution in [0.1, 0.15) is 74.8 Å². The Kier molecular flexibility index (Phi) is 10.8. The molecule has 0 atom stereocenters. The van der Waals surface area contributed by atoms with Gasteiger partial charge in [-0.05, 0) is 129 Å². The summed E-state index contributed by atoms with van der Waals surface area (Å²) in [6.07, 6.45) is 0. The second kappa shape index (κ2) is 16.3. The van der Waals surface area contributed by atoms with Gasteiger partial charge in [-0.15, -0.1) is 0 Å². The number of carbonyl (C=O) groups is 4. The van der Waals surface area contributed by atoms with E-state index < -0.39 is 0 Å². The standard InChI is InChI=1S/C49H36O7/c1-31-4-8-33(9-5-31)46(50)35-12-20-41(21-13-35)55-43-24-16-37(17-25-43)48(52)39-28-40(30-45(29-39)54-3)49(53)38-18-26-44(27-19-38)56-42-22-14-36(15-23-42)47(51)34-10-6-32(2)7-11-34/h4-30H,1-3H3. The molecule has 0 unspecified atom stereocenters. The predicted octanol–water partition coefficient (Wildman–Crippen LogP) is 10.8. The monoisotopic (exact) mass is 736 g/mol. The van der Waals surface area contributed by atoms with Crippen molar-refractivity contribution in [2.45, 2.75) is 13.8 Å². The van der Waals surface area contributed by atoms with Crippen LogP contribution in [0.25, 0.3) is 0 Å². The lowest BCUT2D eigenvalue weighted by Gasteiger charge is -2.11. The van der Waals surface area contributed by atoms with Gasteiger partial charge in [-0.3, -0.25) is 19.2 Å². The Morgan fingerprint density at radius 2 is 0.536 bits per heavy atom. The maximum atomic E-state index is 13.6. The molecule has 0 aliphatic carbocycles. The van der Waals surface area contributed by atoms with Gasteiger partial charge < -0.3 is 14.2 Å². The maximum absolute atomic E-state index is 13.6. The normalized spacial score (nSPS) is 10.7. The van der Waals surface area contributed by atoms with E-state index in [9.17, 15) is 19.2 Å². The summed E-state index contributed by atoms with van der Waals surface area (Å²) in [4.78, 5) is 52.9. The molecule has 0 heterocycles. The minimum absolute atomic E-state index is 0.0713.